The number of halogens is 2. The summed E-state index contributed by atoms with van der Waals surface area (Å²) in [6, 6.07) is 0. The number of hydrogen-bond donors (Lipinski definition) is 2. The predicted molar refractivity (Wildman–Crippen MR) is 101 cm³/mol. The predicted octanol–water partition coefficient (Wildman–Crippen LogP) is 2.04. The highest BCUT2D eigenvalue weighted by atomic mass is 35.5. The molecule has 1 saturated heterocycles. The van der Waals surface area contributed by atoms with Gasteiger partial charge in [0.15, 0.2) is 0 Å². The molecule has 1 atom stereocenters. The van der Waals surface area contributed by atoms with Gasteiger partial charge in [-0.1, -0.05) is 13.8 Å². The molecule has 1 fully saturated rings. The smallest absolute Gasteiger partial charge is 0.273 e. The first-order valence-corrected chi connectivity index (χ1v) is 8.63. The number of carbonyl (C=O) groups is 2. The number of nitrogens with two attached hydrogens (primary N) is 1. The molecule has 2 rings (SSSR count). The molecule has 24 heavy (non-hydrogen) atoms. The zero-order valence-electron chi connectivity index (χ0n) is 14.0. The lowest BCUT2D eigenvalue weighted by Crippen LogP contribution is -2.46. The van der Waals surface area contributed by atoms with Crippen LogP contribution in [0.4, 0.5) is 0 Å². The maximum absolute atomic E-state index is 12.5. The first-order chi connectivity index (χ1) is 10.5. The van der Waals surface area contributed by atoms with Gasteiger partial charge in [-0.3, -0.25) is 9.59 Å². The van der Waals surface area contributed by atoms with Crippen LogP contribution in [0.25, 0.3) is 0 Å². The molecule has 3 N–H and O–H groups in total. The van der Waals surface area contributed by atoms with Crippen molar-refractivity contribution < 1.29 is 9.59 Å². The van der Waals surface area contributed by atoms with Gasteiger partial charge in [-0.25, -0.2) is 4.98 Å². The van der Waals surface area contributed by atoms with Crippen molar-refractivity contribution in [2.75, 3.05) is 26.2 Å². The molecule has 0 bridgehead atoms. The van der Waals surface area contributed by atoms with E-state index < -0.39 is 0 Å². The minimum atomic E-state index is -0.146. The minimum absolute atomic E-state index is 0. The van der Waals surface area contributed by atoms with Crippen LogP contribution in [0.15, 0.2) is 5.38 Å². The van der Waals surface area contributed by atoms with Crippen molar-refractivity contribution in [1.29, 1.82) is 0 Å². The Balaban J connectivity index is 0.00000264. The van der Waals surface area contributed by atoms with Crippen molar-refractivity contribution in [1.82, 2.24) is 15.2 Å². The summed E-state index contributed by atoms with van der Waals surface area (Å²) in [5.74, 6) is 0.0960. The molecule has 9 heteroatoms. The SMILES string of the molecule is CC(C)c1nc(C(=O)N2CCCC(C(=O)NCCN)C2)cs1.Cl.Cl. The second-order valence-corrected chi connectivity index (χ2v) is 6.79. The van der Waals surface area contributed by atoms with Crippen molar-refractivity contribution in [3.05, 3.63) is 16.1 Å². The number of hydrogen-bond acceptors (Lipinski definition) is 5. The molecule has 0 aliphatic carbocycles. The lowest BCUT2D eigenvalue weighted by atomic mass is 9.97. The van der Waals surface area contributed by atoms with Gasteiger partial charge in [0.05, 0.1) is 10.9 Å². The zero-order chi connectivity index (χ0) is 16.1. The molecule has 1 aliphatic heterocycles. The van der Waals surface area contributed by atoms with Crippen LogP contribution in [-0.2, 0) is 4.79 Å². The summed E-state index contributed by atoms with van der Waals surface area (Å²) in [5.41, 5.74) is 5.90. The quantitative estimate of drug-likeness (QED) is 0.796. The molecule has 2 heterocycles. The number of likely N-dealkylation sites (tertiary alicyclic amines) is 1. The molecule has 6 nitrogen and oxygen atoms in total. The third kappa shape index (κ3) is 5.88. The van der Waals surface area contributed by atoms with E-state index in [2.05, 4.69) is 24.1 Å². The highest BCUT2D eigenvalue weighted by Gasteiger charge is 2.29. The van der Waals surface area contributed by atoms with Crippen LogP contribution in [0, 0.1) is 5.92 Å². The molecular weight excluding hydrogens is 371 g/mol. The largest absolute Gasteiger partial charge is 0.355 e. The Morgan fingerprint density at radius 3 is 2.75 bits per heavy atom. The van der Waals surface area contributed by atoms with Crippen LogP contribution < -0.4 is 11.1 Å². The van der Waals surface area contributed by atoms with E-state index >= 15 is 0 Å². The number of rotatable bonds is 5. The van der Waals surface area contributed by atoms with E-state index in [1.807, 2.05) is 5.38 Å². The number of carbonyl (C=O) groups excluding carboxylic acids is 2. The Kier molecular flexibility index (Phi) is 10.5. The van der Waals surface area contributed by atoms with Crippen molar-refractivity contribution >= 4 is 48.0 Å². The monoisotopic (exact) mass is 396 g/mol. The Bertz CT molecular complexity index is 539. The summed E-state index contributed by atoms with van der Waals surface area (Å²) in [6.07, 6.45) is 1.65. The number of amides is 2. The van der Waals surface area contributed by atoms with Crippen LogP contribution in [0.5, 0.6) is 0 Å². The maximum atomic E-state index is 12.5. The number of nitrogens with zero attached hydrogens (tertiary/aromatic N) is 2. The van der Waals surface area contributed by atoms with Gasteiger partial charge in [-0.15, -0.1) is 36.2 Å². The first kappa shape index (κ1) is 23.1. The lowest BCUT2D eigenvalue weighted by Gasteiger charge is -2.31. The van der Waals surface area contributed by atoms with Crippen LogP contribution in [0.1, 0.15) is 48.1 Å². The van der Waals surface area contributed by atoms with Crippen molar-refractivity contribution in [2.24, 2.45) is 11.7 Å². The molecule has 1 aliphatic rings. The molecule has 138 valence electrons. The number of aromatic nitrogens is 1. The van der Waals surface area contributed by atoms with E-state index in [1.54, 1.807) is 4.90 Å². The van der Waals surface area contributed by atoms with Crippen LogP contribution in [-0.4, -0.2) is 47.9 Å². The number of nitrogens with one attached hydrogen (secondary N) is 1. The van der Waals surface area contributed by atoms with E-state index in [1.165, 1.54) is 11.3 Å². The zero-order valence-corrected chi connectivity index (χ0v) is 16.4. The standard InChI is InChI=1S/C15H24N4O2S.2ClH/c1-10(2)14-18-12(9-22-14)15(21)19-7-3-4-11(8-19)13(20)17-6-5-16;;/h9-11H,3-8,16H2,1-2H3,(H,17,20);2*1H. The van der Waals surface area contributed by atoms with Crippen LogP contribution in [0.3, 0.4) is 0 Å². The summed E-state index contributed by atoms with van der Waals surface area (Å²) in [7, 11) is 0. The van der Waals surface area contributed by atoms with E-state index in [0.29, 0.717) is 37.8 Å². The maximum Gasteiger partial charge on any atom is 0.273 e. The van der Waals surface area contributed by atoms with E-state index in [-0.39, 0.29) is 42.5 Å². The average Bonchev–Trinajstić information content (AvgIpc) is 3.02. The fourth-order valence-electron chi connectivity index (χ4n) is 2.53. The van der Waals surface area contributed by atoms with Crippen LogP contribution >= 0.6 is 36.2 Å². The lowest BCUT2D eigenvalue weighted by molar-refractivity contribution is -0.126. The van der Waals surface area contributed by atoms with Gasteiger partial charge in [0.1, 0.15) is 5.69 Å². The Hall–Kier alpha value is -0.890. The second-order valence-electron chi connectivity index (χ2n) is 5.90. The van der Waals surface area contributed by atoms with Crippen molar-refractivity contribution in [2.45, 2.75) is 32.6 Å². The fraction of sp³-hybridized carbons (Fsp3) is 0.667. The average molecular weight is 397 g/mol. The molecule has 0 aromatic carbocycles. The highest BCUT2D eigenvalue weighted by molar-refractivity contribution is 7.09. The topological polar surface area (TPSA) is 88.3 Å². The molecule has 1 aromatic rings. The van der Waals surface area contributed by atoms with Gasteiger partial charge >= 0.3 is 0 Å². The third-order valence-electron chi connectivity index (χ3n) is 3.76. The first-order valence-electron chi connectivity index (χ1n) is 7.75. The third-order valence-corrected chi connectivity index (χ3v) is 4.90. The second kappa shape index (κ2) is 10.9. The van der Waals surface area contributed by atoms with Gasteiger partial charge < -0.3 is 16.0 Å². The van der Waals surface area contributed by atoms with E-state index in [4.69, 9.17) is 5.73 Å². The fourth-order valence-corrected chi connectivity index (χ4v) is 3.34. The number of piperidine rings is 1. The van der Waals surface area contributed by atoms with Gasteiger partial charge in [0.2, 0.25) is 5.91 Å². The molecule has 0 spiro atoms. The van der Waals surface area contributed by atoms with Gasteiger partial charge in [-0.05, 0) is 12.8 Å². The van der Waals surface area contributed by atoms with Crippen molar-refractivity contribution in [3.8, 4) is 0 Å². The Morgan fingerprint density at radius 1 is 1.46 bits per heavy atom. The van der Waals surface area contributed by atoms with E-state index in [9.17, 15) is 9.59 Å². The normalized spacial score (nSPS) is 17.0. The molecular formula is C15H26Cl2N4O2S. The summed E-state index contributed by atoms with van der Waals surface area (Å²) in [4.78, 5) is 30.7. The van der Waals surface area contributed by atoms with E-state index in [0.717, 1.165) is 17.8 Å². The summed E-state index contributed by atoms with van der Waals surface area (Å²) >= 11 is 1.52. The van der Waals surface area contributed by atoms with Gasteiger partial charge in [0, 0.05) is 37.5 Å². The number of thiazole rings is 1. The van der Waals surface area contributed by atoms with Crippen molar-refractivity contribution in [3.63, 3.8) is 0 Å². The molecule has 1 aromatic heterocycles. The van der Waals surface area contributed by atoms with Gasteiger partial charge in [-0.2, -0.15) is 0 Å². The van der Waals surface area contributed by atoms with Crippen LogP contribution in [0.2, 0.25) is 0 Å². The molecule has 0 saturated carbocycles. The molecule has 0 radical (unpaired) electrons. The Labute approximate surface area is 159 Å². The Morgan fingerprint density at radius 2 is 2.17 bits per heavy atom. The minimum Gasteiger partial charge on any atom is -0.355 e. The summed E-state index contributed by atoms with van der Waals surface area (Å²) < 4.78 is 0. The summed E-state index contributed by atoms with van der Waals surface area (Å²) in [5, 5.41) is 5.59. The molecule has 2 amide bonds. The van der Waals surface area contributed by atoms with Gasteiger partial charge in [0.25, 0.3) is 5.91 Å². The molecule has 1 unspecified atom stereocenters. The highest BCUT2D eigenvalue weighted by Crippen LogP contribution is 2.22. The summed E-state index contributed by atoms with van der Waals surface area (Å²) in [6.45, 7) is 6.18.